The van der Waals surface area contributed by atoms with E-state index in [2.05, 4.69) is 10.2 Å². The van der Waals surface area contributed by atoms with Crippen molar-refractivity contribution in [3.8, 4) is 0 Å². The van der Waals surface area contributed by atoms with Gasteiger partial charge in [0.25, 0.3) is 0 Å². The Morgan fingerprint density at radius 3 is 2.93 bits per heavy atom. The van der Waals surface area contributed by atoms with Crippen molar-refractivity contribution in [1.29, 1.82) is 0 Å². The van der Waals surface area contributed by atoms with Crippen molar-refractivity contribution >= 4 is 5.97 Å². The maximum Gasteiger partial charge on any atom is 0.320 e. The topological polar surface area (TPSA) is 52.6 Å². The van der Waals surface area contributed by atoms with Crippen molar-refractivity contribution in [2.75, 3.05) is 20.1 Å². The van der Waals surface area contributed by atoms with Crippen LogP contribution in [0.3, 0.4) is 0 Å². The minimum Gasteiger partial charge on any atom is -0.480 e. The quantitative estimate of drug-likeness (QED) is 0.714. The molecule has 0 aromatic heterocycles. The fourth-order valence-corrected chi connectivity index (χ4v) is 2.26. The van der Waals surface area contributed by atoms with Crippen molar-refractivity contribution in [3.63, 3.8) is 0 Å². The molecule has 0 aromatic rings. The summed E-state index contributed by atoms with van der Waals surface area (Å²) in [6, 6.07) is 0.170. The van der Waals surface area contributed by atoms with Crippen LogP contribution in [0.1, 0.15) is 32.6 Å². The van der Waals surface area contributed by atoms with E-state index in [0.29, 0.717) is 6.04 Å². The average molecular weight is 214 g/mol. The first-order valence-electron chi connectivity index (χ1n) is 5.83. The molecule has 0 amide bonds. The third-order valence-corrected chi connectivity index (χ3v) is 3.15. The molecule has 1 aliphatic heterocycles. The Morgan fingerprint density at radius 1 is 1.67 bits per heavy atom. The van der Waals surface area contributed by atoms with Gasteiger partial charge in [-0.3, -0.25) is 9.69 Å². The molecule has 1 fully saturated rings. The molecule has 4 nitrogen and oxygen atoms in total. The summed E-state index contributed by atoms with van der Waals surface area (Å²) in [6.07, 6.45) is 3.94. The van der Waals surface area contributed by atoms with E-state index in [9.17, 15) is 4.79 Å². The Balaban J connectivity index is 2.54. The molecule has 1 rings (SSSR count). The monoisotopic (exact) mass is 214 g/mol. The van der Waals surface area contributed by atoms with Crippen molar-refractivity contribution in [2.45, 2.75) is 44.7 Å². The summed E-state index contributed by atoms with van der Waals surface area (Å²) < 4.78 is 0. The molecule has 2 atom stereocenters. The predicted molar refractivity (Wildman–Crippen MR) is 60.0 cm³/mol. The molecule has 1 heterocycles. The Bertz CT molecular complexity index is 209. The lowest BCUT2D eigenvalue weighted by molar-refractivity contribution is -0.144. The molecule has 0 radical (unpaired) electrons. The molecule has 0 aromatic carbocycles. The second-order valence-corrected chi connectivity index (χ2v) is 4.27. The number of piperidine rings is 1. The first-order chi connectivity index (χ1) is 7.19. The van der Waals surface area contributed by atoms with E-state index in [4.69, 9.17) is 5.11 Å². The SMILES string of the molecule is CCCC(C(=O)O)N1CCCC(NC)C1. The van der Waals surface area contributed by atoms with Crippen LogP contribution in [0.5, 0.6) is 0 Å². The minimum atomic E-state index is -0.673. The summed E-state index contributed by atoms with van der Waals surface area (Å²) in [5.41, 5.74) is 0. The fraction of sp³-hybridized carbons (Fsp3) is 0.909. The first-order valence-corrected chi connectivity index (χ1v) is 5.83. The number of aliphatic carboxylic acids is 1. The van der Waals surface area contributed by atoms with Crippen LogP contribution in [0.15, 0.2) is 0 Å². The van der Waals surface area contributed by atoms with E-state index in [1.165, 1.54) is 0 Å². The summed E-state index contributed by atoms with van der Waals surface area (Å²) >= 11 is 0. The van der Waals surface area contributed by atoms with Gasteiger partial charge in [0.1, 0.15) is 6.04 Å². The van der Waals surface area contributed by atoms with E-state index in [0.717, 1.165) is 38.8 Å². The lowest BCUT2D eigenvalue weighted by atomic mass is 10.0. The molecule has 0 bridgehead atoms. The van der Waals surface area contributed by atoms with Gasteiger partial charge in [0.15, 0.2) is 0 Å². The molecule has 1 aliphatic rings. The third kappa shape index (κ3) is 3.47. The highest BCUT2D eigenvalue weighted by Gasteiger charge is 2.28. The van der Waals surface area contributed by atoms with Gasteiger partial charge in [-0.15, -0.1) is 0 Å². The van der Waals surface area contributed by atoms with Gasteiger partial charge >= 0.3 is 5.97 Å². The normalized spacial score (nSPS) is 25.1. The number of carboxylic acids is 1. The molecule has 4 heteroatoms. The molecule has 0 spiro atoms. The Hall–Kier alpha value is -0.610. The largest absolute Gasteiger partial charge is 0.480 e. The zero-order valence-corrected chi connectivity index (χ0v) is 9.70. The van der Waals surface area contributed by atoms with Crippen LogP contribution in [-0.4, -0.2) is 48.2 Å². The van der Waals surface area contributed by atoms with Gasteiger partial charge in [0, 0.05) is 12.6 Å². The minimum absolute atomic E-state index is 0.286. The summed E-state index contributed by atoms with van der Waals surface area (Å²) in [5.74, 6) is -0.673. The fourth-order valence-electron chi connectivity index (χ4n) is 2.26. The van der Waals surface area contributed by atoms with E-state index >= 15 is 0 Å². The Morgan fingerprint density at radius 2 is 2.40 bits per heavy atom. The van der Waals surface area contributed by atoms with E-state index < -0.39 is 5.97 Å². The third-order valence-electron chi connectivity index (χ3n) is 3.15. The van der Waals surface area contributed by atoms with Crippen molar-refractivity contribution < 1.29 is 9.90 Å². The molecule has 2 unspecified atom stereocenters. The number of carbonyl (C=O) groups is 1. The molecular weight excluding hydrogens is 192 g/mol. The Kier molecular flexibility index (Phi) is 5.05. The van der Waals surface area contributed by atoms with Gasteiger partial charge < -0.3 is 10.4 Å². The Labute approximate surface area is 91.6 Å². The number of hydrogen-bond acceptors (Lipinski definition) is 3. The maximum atomic E-state index is 11.1. The summed E-state index contributed by atoms with van der Waals surface area (Å²) in [7, 11) is 1.95. The maximum absolute atomic E-state index is 11.1. The highest BCUT2D eigenvalue weighted by molar-refractivity contribution is 5.73. The second-order valence-electron chi connectivity index (χ2n) is 4.27. The van der Waals surface area contributed by atoms with Crippen LogP contribution in [-0.2, 0) is 4.79 Å². The summed E-state index contributed by atoms with van der Waals surface area (Å²) in [4.78, 5) is 13.2. The molecule has 0 saturated carbocycles. The number of rotatable bonds is 5. The van der Waals surface area contributed by atoms with Crippen LogP contribution >= 0.6 is 0 Å². The number of likely N-dealkylation sites (tertiary alicyclic amines) is 1. The van der Waals surface area contributed by atoms with Crippen molar-refractivity contribution in [3.05, 3.63) is 0 Å². The lowest BCUT2D eigenvalue weighted by Crippen LogP contribution is -2.51. The van der Waals surface area contributed by atoms with Gasteiger partial charge in [-0.05, 0) is 32.9 Å². The van der Waals surface area contributed by atoms with Gasteiger partial charge in [0.05, 0.1) is 0 Å². The van der Waals surface area contributed by atoms with Crippen LogP contribution in [0, 0.1) is 0 Å². The molecule has 1 saturated heterocycles. The average Bonchev–Trinajstić information content (AvgIpc) is 2.25. The second kappa shape index (κ2) is 6.08. The molecule has 0 aliphatic carbocycles. The molecule has 15 heavy (non-hydrogen) atoms. The van der Waals surface area contributed by atoms with Crippen LogP contribution in [0.25, 0.3) is 0 Å². The van der Waals surface area contributed by atoms with Crippen LogP contribution in [0.2, 0.25) is 0 Å². The number of nitrogens with zero attached hydrogens (tertiary/aromatic N) is 1. The van der Waals surface area contributed by atoms with E-state index in [1.807, 2.05) is 14.0 Å². The van der Waals surface area contributed by atoms with E-state index in [-0.39, 0.29) is 6.04 Å². The van der Waals surface area contributed by atoms with Gasteiger partial charge in [-0.2, -0.15) is 0 Å². The highest BCUT2D eigenvalue weighted by Crippen LogP contribution is 2.16. The van der Waals surface area contributed by atoms with Gasteiger partial charge in [-0.25, -0.2) is 0 Å². The number of hydrogen-bond donors (Lipinski definition) is 2. The number of likely N-dealkylation sites (N-methyl/N-ethyl adjacent to an activating group) is 1. The smallest absolute Gasteiger partial charge is 0.320 e. The van der Waals surface area contributed by atoms with Crippen LogP contribution < -0.4 is 5.32 Å². The van der Waals surface area contributed by atoms with Crippen molar-refractivity contribution in [1.82, 2.24) is 10.2 Å². The number of nitrogens with one attached hydrogen (secondary N) is 1. The first kappa shape index (κ1) is 12.5. The zero-order chi connectivity index (χ0) is 11.3. The summed E-state index contributed by atoms with van der Waals surface area (Å²) in [5, 5.41) is 12.4. The van der Waals surface area contributed by atoms with Gasteiger partial charge in [0.2, 0.25) is 0 Å². The lowest BCUT2D eigenvalue weighted by Gasteiger charge is -2.36. The van der Waals surface area contributed by atoms with Crippen molar-refractivity contribution in [2.24, 2.45) is 0 Å². The molecule has 88 valence electrons. The summed E-state index contributed by atoms with van der Waals surface area (Å²) in [6.45, 7) is 3.83. The molecule has 2 N–H and O–H groups in total. The highest BCUT2D eigenvalue weighted by atomic mass is 16.4. The van der Waals surface area contributed by atoms with E-state index in [1.54, 1.807) is 0 Å². The zero-order valence-electron chi connectivity index (χ0n) is 9.70. The van der Waals surface area contributed by atoms with Crippen LogP contribution in [0.4, 0.5) is 0 Å². The predicted octanol–water partition coefficient (Wildman–Crippen LogP) is 0.924. The number of carboxylic acid groups (broad SMARTS) is 1. The van der Waals surface area contributed by atoms with Gasteiger partial charge in [-0.1, -0.05) is 13.3 Å². The molecular formula is C11H22N2O2. The standard InChI is InChI=1S/C11H22N2O2/c1-3-5-10(11(14)15)13-7-4-6-9(8-13)12-2/h9-10,12H,3-8H2,1-2H3,(H,14,15).